The summed E-state index contributed by atoms with van der Waals surface area (Å²) in [7, 11) is -4.21. The van der Waals surface area contributed by atoms with Gasteiger partial charge in [0.15, 0.2) is 0 Å². The smallest absolute Gasteiger partial charge is 0.276 e. The Hall–Kier alpha value is -2.81. The Kier molecular flexibility index (Phi) is 4.73. The molecule has 0 saturated carbocycles. The second-order valence-corrected chi connectivity index (χ2v) is 7.61. The first-order chi connectivity index (χ1) is 12.6. The lowest BCUT2D eigenvalue weighted by atomic mass is 10.2. The molecular weight excluding hydrogens is 379 g/mol. The number of benzene rings is 2. The van der Waals surface area contributed by atoms with Gasteiger partial charge in [-0.1, -0.05) is 24.3 Å². The Morgan fingerprint density at radius 3 is 2.30 bits per heavy atom. The third-order valence-electron chi connectivity index (χ3n) is 4.00. The maximum atomic E-state index is 12.9. The summed E-state index contributed by atoms with van der Waals surface area (Å²) in [5.41, 5.74) is 0.874. The van der Waals surface area contributed by atoms with E-state index in [1.165, 1.54) is 0 Å². The third-order valence-corrected chi connectivity index (χ3v) is 5.35. The van der Waals surface area contributed by atoms with Crippen LogP contribution in [-0.2, 0) is 16.2 Å². The van der Waals surface area contributed by atoms with Gasteiger partial charge >= 0.3 is 6.18 Å². The molecule has 1 heterocycles. The number of sulfonamides is 1. The van der Waals surface area contributed by atoms with Crippen molar-refractivity contribution in [3.8, 4) is 5.69 Å². The molecule has 0 aliphatic heterocycles. The number of aryl methyl sites for hydroxylation is 1. The van der Waals surface area contributed by atoms with Crippen molar-refractivity contribution in [2.24, 2.45) is 0 Å². The fourth-order valence-corrected chi connectivity index (χ4v) is 3.87. The van der Waals surface area contributed by atoms with Crippen LogP contribution in [0.15, 0.2) is 59.5 Å². The van der Waals surface area contributed by atoms with Crippen LogP contribution in [-0.4, -0.2) is 18.2 Å². The van der Waals surface area contributed by atoms with Crippen molar-refractivity contribution < 1.29 is 21.6 Å². The van der Waals surface area contributed by atoms with Crippen LogP contribution in [0.3, 0.4) is 0 Å². The summed E-state index contributed by atoms with van der Waals surface area (Å²) >= 11 is 0. The molecule has 0 spiro atoms. The summed E-state index contributed by atoms with van der Waals surface area (Å²) in [5.74, 6) is 0. The molecule has 0 bridgehead atoms. The highest BCUT2D eigenvalue weighted by atomic mass is 32.2. The largest absolute Gasteiger partial charge is 0.416 e. The molecule has 0 atom stereocenters. The zero-order valence-electron chi connectivity index (χ0n) is 14.4. The quantitative estimate of drug-likeness (QED) is 0.716. The lowest BCUT2D eigenvalue weighted by molar-refractivity contribution is -0.137. The van der Waals surface area contributed by atoms with E-state index in [9.17, 15) is 21.6 Å². The van der Waals surface area contributed by atoms with Gasteiger partial charge in [0.1, 0.15) is 0 Å². The number of nitrogens with one attached hydrogen (secondary N) is 1. The molecule has 3 aromatic rings. The van der Waals surface area contributed by atoms with Gasteiger partial charge in [0.2, 0.25) is 0 Å². The normalized spacial score (nSPS) is 12.2. The number of alkyl halides is 3. The molecule has 0 radical (unpaired) electrons. The van der Waals surface area contributed by atoms with Gasteiger partial charge in [0, 0.05) is 0 Å². The predicted molar refractivity (Wildman–Crippen MR) is 95.3 cm³/mol. The summed E-state index contributed by atoms with van der Waals surface area (Å²) in [6.45, 7) is 3.30. The Labute approximate surface area is 154 Å². The highest BCUT2D eigenvalue weighted by molar-refractivity contribution is 7.92. The van der Waals surface area contributed by atoms with Crippen molar-refractivity contribution in [3.63, 3.8) is 0 Å². The average Bonchev–Trinajstić information content (AvgIpc) is 2.90. The minimum atomic E-state index is -4.63. The number of rotatable bonds is 4. The van der Waals surface area contributed by atoms with Crippen LogP contribution >= 0.6 is 0 Å². The highest BCUT2D eigenvalue weighted by Gasteiger charge is 2.32. The lowest BCUT2D eigenvalue weighted by Crippen LogP contribution is -2.15. The van der Waals surface area contributed by atoms with E-state index in [1.807, 2.05) is 30.3 Å². The molecule has 1 aromatic heterocycles. The van der Waals surface area contributed by atoms with E-state index in [0.717, 1.165) is 23.9 Å². The van der Waals surface area contributed by atoms with E-state index in [0.29, 0.717) is 17.5 Å². The first-order valence-electron chi connectivity index (χ1n) is 7.91. The van der Waals surface area contributed by atoms with Gasteiger partial charge in [0.05, 0.1) is 33.2 Å². The molecule has 0 saturated heterocycles. The van der Waals surface area contributed by atoms with E-state index in [-0.39, 0.29) is 5.69 Å². The summed E-state index contributed by atoms with van der Waals surface area (Å²) in [4.78, 5) is -0.469. The second-order valence-electron chi connectivity index (χ2n) is 5.92. The van der Waals surface area contributed by atoms with Gasteiger partial charge in [-0.3, -0.25) is 4.72 Å². The molecule has 27 heavy (non-hydrogen) atoms. The first kappa shape index (κ1) is 19.0. The Balaban J connectivity index is 1.99. The summed E-state index contributed by atoms with van der Waals surface area (Å²) in [6, 6.07) is 12.7. The second kappa shape index (κ2) is 6.73. The average molecular weight is 395 g/mol. The van der Waals surface area contributed by atoms with Crippen molar-refractivity contribution in [2.75, 3.05) is 4.72 Å². The number of nitrogens with zero attached hydrogens (tertiary/aromatic N) is 2. The fourth-order valence-electron chi connectivity index (χ4n) is 2.64. The molecule has 0 amide bonds. The Morgan fingerprint density at radius 1 is 1.00 bits per heavy atom. The Morgan fingerprint density at radius 2 is 1.67 bits per heavy atom. The van der Waals surface area contributed by atoms with Crippen molar-refractivity contribution in [2.45, 2.75) is 24.9 Å². The first-order valence-corrected chi connectivity index (χ1v) is 9.39. The fraction of sp³-hybridized carbons (Fsp3) is 0.167. The monoisotopic (exact) mass is 395 g/mol. The van der Waals surface area contributed by atoms with Gasteiger partial charge in [-0.15, -0.1) is 0 Å². The molecule has 2 aromatic carbocycles. The maximum Gasteiger partial charge on any atom is 0.416 e. The number of para-hydroxylation sites is 1. The molecule has 0 fully saturated rings. The van der Waals surface area contributed by atoms with Gasteiger partial charge in [-0.25, -0.2) is 13.1 Å². The molecule has 3 rings (SSSR count). The van der Waals surface area contributed by atoms with Crippen LogP contribution in [0.5, 0.6) is 0 Å². The molecule has 5 nitrogen and oxygen atoms in total. The summed E-state index contributed by atoms with van der Waals surface area (Å²) in [6.07, 6.45) is -4.63. The topological polar surface area (TPSA) is 64.0 Å². The van der Waals surface area contributed by atoms with Crippen LogP contribution in [0.2, 0.25) is 0 Å². The highest BCUT2D eigenvalue weighted by Crippen LogP contribution is 2.31. The third kappa shape index (κ3) is 3.82. The van der Waals surface area contributed by atoms with E-state index in [4.69, 9.17) is 0 Å². The van der Waals surface area contributed by atoms with E-state index in [1.54, 1.807) is 18.5 Å². The van der Waals surface area contributed by atoms with E-state index >= 15 is 0 Å². The number of anilines is 1. The zero-order valence-corrected chi connectivity index (χ0v) is 15.3. The van der Waals surface area contributed by atoms with Crippen molar-refractivity contribution in [3.05, 3.63) is 71.5 Å². The van der Waals surface area contributed by atoms with Crippen molar-refractivity contribution in [1.82, 2.24) is 9.78 Å². The minimum absolute atomic E-state index is 0.233. The SMILES string of the molecule is Cc1nn(-c2ccccc2)c(C)c1NS(=O)(=O)c1cccc(C(F)(F)F)c1. The number of halogens is 3. The maximum absolute atomic E-state index is 12.9. The van der Waals surface area contributed by atoms with Gasteiger partial charge < -0.3 is 0 Å². The van der Waals surface area contributed by atoms with Gasteiger partial charge in [-0.05, 0) is 44.2 Å². The molecule has 9 heteroatoms. The number of hydrogen-bond acceptors (Lipinski definition) is 3. The van der Waals surface area contributed by atoms with Crippen molar-refractivity contribution >= 4 is 15.7 Å². The van der Waals surface area contributed by atoms with E-state index < -0.39 is 26.7 Å². The molecule has 142 valence electrons. The molecule has 0 aliphatic rings. The van der Waals surface area contributed by atoms with Crippen LogP contribution in [0.25, 0.3) is 5.69 Å². The number of aromatic nitrogens is 2. The van der Waals surface area contributed by atoms with Crippen LogP contribution in [0.4, 0.5) is 18.9 Å². The predicted octanol–water partition coefficient (Wildman–Crippen LogP) is 4.31. The van der Waals surface area contributed by atoms with Crippen LogP contribution in [0.1, 0.15) is 17.0 Å². The summed E-state index contributed by atoms with van der Waals surface area (Å²) in [5, 5.41) is 4.32. The molecule has 1 N–H and O–H groups in total. The van der Waals surface area contributed by atoms with Gasteiger partial charge in [0.25, 0.3) is 10.0 Å². The molecular formula is C18H16F3N3O2S. The van der Waals surface area contributed by atoms with Crippen LogP contribution in [0, 0.1) is 13.8 Å². The Bertz CT molecular complexity index is 1070. The zero-order chi connectivity index (χ0) is 19.8. The minimum Gasteiger partial charge on any atom is -0.276 e. The summed E-state index contributed by atoms with van der Waals surface area (Å²) < 4.78 is 67.8. The standard InChI is InChI=1S/C18H16F3N3O2S/c1-12-17(13(2)24(22-12)15-8-4-3-5-9-15)23-27(25,26)16-10-6-7-14(11-16)18(19,20)21/h3-11,23H,1-2H3. The molecule has 0 aliphatic carbocycles. The lowest BCUT2D eigenvalue weighted by Gasteiger charge is -2.11. The van der Waals surface area contributed by atoms with E-state index in [2.05, 4.69) is 9.82 Å². The molecule has 0 unspecified atom stereocenters. The van der Waals surface area contributed by atoms with Crippen LogP contribution < -0.4 is 4.72 Å². The number of hydrogen-bond donors (Lipinski definition) is 1. The van der Waals surface area contributed by atoms with Crippen molar-refractivity contribution in [1.29, 1.82) is 0 Å². The van der Waals surface area contributed by atoms with Gasteiger partial charge in [-0.2, -0.15) is 18.3 Å².